The van der Waals surface area contributed by atoms with Gasteiger partial charge in [0, 0.05) is 31.7 Å². The Labute approximate surface area is 140 Å². The van der Waals surface area contributed by atoms with Crippen LogP contribution in [0.25, 0.3) is 11.1 Å². The molecule has 0 aliphatic rings. The number of urea groups is 1. The van der Waals surface area contributed by atoms with Crippen LogP contribution in [0.5, 0.6) is 0 Å². The molecule has 2 heterocycles. The molecular formula is C18H19N5O. The summed E-state index contributed by atoms with van der Waals surface area (Å²) in [6.45, 7) is 1.94. The van der Waals surface area contributed by atoms with Crippen molar-refractivity contribution in [1.29, 1.82) is 0 Å². The largest absolute Gasteiger partial charge is 0.331 e. The van der Waals surface area contributed by atoms with Gasteiger partial charge in [0.2, 0.25) is 0 Å². The minimum atomic E-state index is -0.280. The van der Waals surface area contributed by atoms with Crippen LogP contribution in [0, 0.1) is 0 Å². The highest BCUT2D eigenvalue weighted by Crippen LogP contribution is 2.21. The molecule has 0 saturated carbocycles. The van der Waals surface area contributed by atoms with Gasteiger partial charge < -0.3 is 5.32 Å². The third kappa shape index (κ3) is 3.78. The van der Waals surface area contributed by atoms with Crippen molar-refractivity contribution in [3.63, 3.8) is 0 Å². The highest BCUT2D eigenvalue weighted by Gasteiger charge is 2.10. The maximum Gasteiger partial charge on any atom is 0.320 e. The molecular weight excluding hydrogens is 302 g/mol. The van der Waals surface area contributed by atoms with Crippen molar-refractivity contribution in [3.05, 3.63) is 66.6 Å². The second-order valence-corrected chi connectivity index (χ2v) is 5.56. The van der Waals surface area contributed by atoms with E-state index >= 15 is 0 Å². The van der Waals surface area contributed by atoms with Crippen LogP contribution in [0.2, 0.25) is 0 Å². The van der Waals surface area contributed by atoms with Crippen LogP contribution in [-0.2, 0) is 7.05 Å². The number of hydrogen-bond acceptors (Lipinski definition) is 3. The average Bonchev–Trinajstić information content (AvgIpc) is 3.00. The van der Waals surface area contributed by atoms with Crippen molar-refractivity contribution in [1.82, 2.24) is 20.1 Å². The molecule has 0 radical (unpaired) electrons. The number of rotatable bonds is 4. The van der Waals surface area contributed by atoms with Crippen molar-refractivity contribution in [3.8, 4) is 11.1 Å². The molecule has 0 spiro atoms. The van der Waals surface area contributed by atoms with Crippen molar-refractivity contribution in [2.45, 2.75) is 13.0 Å². The number of anilines is 1. The van der Waals surface area contributed by atoms with Gasteiger partial charge in [0.15, 0.2) is 5.82 Å². The first-order chi connectivity index (χ1) is 11.6. The summed E-state index contributed by atoms with van der Waals surface area (Å²) in [6, 6.07) is 13.4. The first-order valence-corrected chi connectivity index (χ1v) is 7.69. The van der Waals surface area contributed by atoms with E-state index in [2.05, 4.69) is 20.7 Å². The first kappa shape index (κ1) is 15.7. The average molecular weight is 321 g/mol. The Bertz CT molecular complexity index is 811. The highest BCUT2D eigenvalue weighted by molar-refractivity contribution is 5.88. The van der Waals surface area contributed by atoms with Crippen LogP contribution in [0.4, 0.5) is 10.6 Å². The van der Waals surface area contributed by atoms with E-state index in [0.717, 1.165) is 16.7 Å². The lowest BCUT2D eigenvalue weighted by atomic mass is 10.0. The van der Waals surface area contributed by atoms with Crippen LogP contribution >= 0.6 is 0 Å². The SMILES string of the molecule is C[C@H](NC(=O)Nc1ccn(C)n1)c1ccc(-c2cccnc2)cc1. The Morgan fingerprint density at radius 2 is 1.92 bits per heavy atom. The number of carbonyl (C=O) groups excluding carboxylic acids is 1. The number of benzene rings is 1. The van der Waals surface area contributed by atoms with E-state index in [-0.39, 0.29) is 12.1 Å². The topological polar surface area (TPSA) is 71.8 Å². The number of aromatic nitrogens is 3. The summed E-state index contributed by atoms with van der Waals surface area (Å²) in [5, 5.41) is 9.73. The highest BCUT2D eigenvalue weighted by atomic mass is 16.2. The van der Waals surface area contributed by atoms with E-state index in [1.165, 1.54) is 0 Å². The van der Waals surface area contributed by atoms with Crippen molar-refractivity contribution >= 4 is 11.8 Å². The Morgan fingerprint density at radius 1 is 1.12 bits per heavy atom. The molecule has 0 bridgehead atoms. The van der Waals surface area contributed by atoms with Crippen LogP contribution in [0.15, 0.2) is 61.1 Å². The van der Waals surface area contributed by atoms with Crippen molar-refractivity contribution < 1.29 is 4.79 Å². The lowest BCUT2D eigenvalue weighted by Crippen LogP contribution is -2.31. The van der Waals surface area contributed by atoms with E-state index in [1.54, 1.807) is 30.2 Å². The number of amides is 2. The fourth-order valence-corrected chi connectivity index (χ4v) is 2.41. The van der Waals surface area contributed by atoms with Gasteiger partial charge in [-0.2, -0.15) is 5.10 Å². The second kappa shape index (κ2) is 6.95. The number of aryl methyl sites for hydroxylation is 1. The summed E-state index contributed by atoms with van der Waals surface area (Å²) in [5.74, 6) is 0.522. The van der Waals surface area contributed by atoms with Gasteiger partial charge in [-0.05, 0) is 29.7 Å². The molecule has 6 nitrogen and oxygen atoms in total. The van der Waals surface area contributed by atoms with Crippen molar-refractivity contribution in [2.75, 3.05) is 5.32 Å². The standard InChI is InChI=1S/C18H19N5O/c1-13(20-18(24)21-17-9-11-23(2)22-17)14-5-7-15(8-6-14)16-4-3-10-19-12-16/h3-13H,1-2H3,(H2,20,21,22,24)/t13-/m0/s1. The van der Waals surface area contributed by atoms with Crippen molar-refractivity contribution in [2.24, 2.45) is 7.05 Å². The fraction of sp³-hybridized carbons (Fsp3) is 0.167. The second-order valence-electron chi connectivity index (χ2n) is 5.56. The summed E-state index contributed by atoms with van der Waals surface area (Å²) < 4.78 is 1.64. The molecule has 2 amide bonds. The molecule has 1 atom stereocenters. The van der Waals surface area contributed by atoms with Gasteiger partial charge in [-0.25, -0.2) is 4.79 Å². The third-order valence-electron chi connectivity index (χ3n) is 3.71. The Hall–Kier alpha value is -3.15. The Kier molecular flexibility index (Phi) is 4.56. The van der Waals surface area contributed by atoms with E-state index < -0.39 is 0 Å². The minimum absolute atomic E-state index is 0.114. The molecule has 0 saturated heterocycles. The van der Waals surface area contributed by atoms with Gasteiger partial charge in [-0.3, -0.25) is 15.0 Å². The number of hydrogen-bond donors (Lipinski definition) is 2. The van der Waals surface area contributed by atoms with E-state index in [1.807, 2.05) is 49.5 Å². The summed E-state index contributed by atoms with van der Waals surface area (Å²) in [5.41, 5.74) is 3.19. The molecule has 122 valence electrons. The normalized spacial score (nSPS) is 11.8. The molecule has 6 heteroatoms. The number of carbonyl (C=O) groups is 1. The maximum absolute atomic E-state index is 12.0. The zero-order chi connectivity index (χ0) is 16.9. The lowest BCUT2D eigenvalue weighted by Gasteiger charge is -2.15. The zero-order valence-corrected chi connectivity index (χ0v) is 13.6. The van der Waals surface area contributed by atoms with Crippen LogP contribution in [0.3, 0.4) is 0 Å². The smallest absolute Gasteiger partial charge is 0.320 e. The fourth-order valence-electron chi connectivity index (χ4n) is 2.41. The quantitative estimate of drug-likeness (QED) is 0.774. The molecule has 0 fully saturated rings. The lowest BCUT2D eigenvalue weighted by molar-refractivity contribution is 0.249. The van der Waals surface area contributed by atoms with Gasteiger partial charge in [0.05, 0.1) is 6.04 Å². The molecule has 0 aliphatic heterocycles. The molecule has 2 N–H and O–H groups in total. The molecule has 0 unspecified atom stereocenters. The Morgan fingerprint density at radius 3 is 2.54 bits per heavy atom. The zero-order valence-electron chi connectivity index (χ0n) is 13.6. The van der Waals surface area contributed by atoms with E-state index in [9.17, 15) is 4.79 Å². The maximum atomic E-state index is 12.0. The minimum Gasteiger partial charge on any atom is -0.331 e. The molecule has 3 aromatic rings. The molecule has 1 aromatic carbocycles. The monoisotopic (exact) mass is 321 g/mol. The van der Waals surface area contributed by atoms with Crippen LogP contribution in [-0.4, -0.2) is 20.8 Å². The van der Waals surface area contributed by atoms with Gasteiger partial charge in [-0.15, -0.1) is 0 Å². The number of pyridine rings is 1. The summed E-state index contributed by atoms with van der Waals surface area (Å²) >= 11 is 0. The van der Waals surface area contributed by atoms with Gasteiger partial charge in [0.25, 0.3) is 0 Å². The van der Waals surface area contributed by atoms with Crippen LogP contribution in [0.1, 0.15) is 18.5 Å². The number of nitrogens with zero attached hydrogens (tertiary/aromatic N) is 3. The molecule has 2 aromatic heterocycles. The predicted octanol–water partition coefficient (Wildman–Crippen LogP) is 3.36. The molecule has 0 aliphatic carbocycles. The summed E-state index contributed by atoms with van der Waals surface area (Å²) in [6.07, 6.45) is 5.36. The summed E-state index contributed by atoms with van der Waals surface area (Å²) in [4.78, 5) is 16.1. The van der Waals surface area contributed by atoms with Gasteiger partial charge in [-0.1, -0.05) is 30.3 Å². The molecule has 24 heavy (non-hydrogen) atoms. The van der Waals surface area contributed by atoms with Gasteiger partial charge >= 0.3 is 6.03 Å². The van der Waals surface area contributed by atoms with E-state index in [4.69, 9.17) is 0 Å². The molecule has 3 rings (SSSR count). The summed E-state index contributed by atoms with van der Waals surface area (Å²) in [7, 11) is 1.80. The predicted molar refractivity (Wildman–Crippen MR) is 93.5 cm³/mol. The Balaban J connectivity index is 1.62. The first-order valence-electron chi connectivity index (χ1n) is 7.69. The van der Waals surface area contributed by atoms with Gasteiger partial charge in [0.1, 0.15) is 0 Å². The van der Waals surface area contributed by atoms with Crippen LogP contribution < -0.4 is 10.6 Å². The van der Waals surface area contributed by atoms with E-state index in [0.29, 0.717) is 5.82 Å². The third-order valence-corrected chi connectivity index (χ3v) is 3.71. The number of nitrogens with one attached hydrogen (secondary N) is 2.